The van der Waals surface area contributed by atoms with Gasteiger partial charge in [0.05, 0.1) is 0 Å². The normalized spacial score (nSPS) is 12.3. The molecule has 0 radical (unpaired) electrons. The van der Waals surface area contributed by atoms with Gasteiger partial charge in [0.2, 0.25) is 0 Å². The van der Waals surface area contributed by atoms with E-state index in [2.05, 4.69) is 47.6 Å². The Morgan fingerprint density at radius 2 is 1.43 bits per heavy atom. The van der Waals surface area contributed by atoms with Crippen LogP contribution in [0.2, 0.25) is 0 Å². The molecule has 0 unspecified atom stereocenters. The minimum Gasteiger partial charge on any atom is -0.462 e. The van der Waals surface area contributed by atoms with Gasteiger partial charge in [-0.2, -0.15) is 0 Å². The predicted octanol–water partition coefficient (Wildman–Crippen LogP) is 7.43. The fourth-order valence-electron chi connectivity index (χ4n) is 4.01. The molecule has 160 valence electrons. The Hall–Kier alpha value is -1.31. The molecule has 0 spiro atoms. The van der Waals surface area contributed by atoms with Crippen LogP contribution in [0, 0.1) is 26.2 Å². The summed E-state index contributed by atoms with van der Waals surface area (Å²) in [6, 6.07) is 2.39. The summed E-state index contributed by atoms with van der Waals surface area (Å²) >= 11 is 0. The van der Waals surface area contributed by atoms with Crippen molar-refractivity contribution in [1.29, 1.82) is 0 Å². The maximum atomic E-state index is 10.6. The van der Waals surface area contributed by atoms with E-state index in [0.717, 1.165) is 25.7 Å². The number of hydrogen-bond acceptors (Lipinski definition) is 2. The topological polar surface area (TPSA) is 26.3 Å². The number of aryl methyl sites for hydroxylation is 2. The van der Waals surface area contributed by atoms with Crippen LogP contribution >= 0.6 is 0 Å². The Kier molecular flexibility index (Phi) is 9.74. The number of unbranched alkanes of at least 4 members (excludes halogenated alkanes) is 3. The van der Waals surface area contributed by atoms with Gasteiger partial charge in [0.1, 0.15) is 5.60 Å². The monoisotopic (exact) mass is 388 g/mol. The zero-order valence-electron chi connectivity index (χ0n) is 19.8. The van der Waals surface area contributed by atoms with Crippen molar-refractivity contribution >= 4 is 6.47 Å². The summed E-state index contributed by atoms with van der Waals surface area (Å²) in [5.41, 5.74) is 7.60. The molecule has 1 aromatic carbocycles. The van der Waals surface area contributed by atoms with Crippen LogP contribution in [0.15, 0.2) is 6.07 Å². The van der Waals surface area contributed by atoms with Gasteiger partial charge in [-0.1, -0.05) is 39.7 Å². The van der Waals surface area contributed by atoms with E-state index in [4.69, 9.17) is 4.74 Å². The first-order valence-electron chi connectivity index (χ1n) is 11.2. The van der Waals surface area contributed by atoms with E-state index < -0.39 is 0 Å². The summed E-state index contributed by atoms with van der Waals surface area (Å²) in [6.45, 7) is 18.4. The summed E-state index contributed by atoms with van der Waals surface area (Å²) in [7, 11) is 0. The predicted molar refractivity (Wildman–Crippen MR) is 121 cm³/mol. The third kappa shape index (κ3) is 8.80. The number of ether oxygens (including phenoxy) is 1. The van der Waals surface area contributed by atoms with E-state index in [1.165, 1.54) is 54.4 Å². The molecule has 0 aromatic heterocycles. The van der Waals surface area contributed by atoms with E-state index in [1.54, 1.807) is 5.56 Å². The van der Waals surface area contributed by atoms with Crippen molar-refractivity contribution in [3.63, 3.8) is 0 Å². The van der Waals surface area contributed by atoms with Gasteiger partial charge < -0.3 is 4.74 Å². The third-order valence-corrected chi connectivity index (χ3v) is 6.06. The molecule has 0 N–H and O–H groups in total. The van der Waals surface area contributed by atoms with Crippen molar-refractivity contribution in [2.45, 2.75) is 119 Å². The molecule has 0 bridgehead atoms. The van der Waals surface area contributed by atoms with Crippen LogP contribution in [-0.2, 0) is 22.4 Å². The molecular weight excluding hydrogens is 344 g/mol. The Bertz CT molecular complexity index is 620. The van der Waals surface area contributed by atoms with Crippen molar-refractivity contribution in [1.82, 2.24) is 0 Å². The Morgan fingerprint density at radius 1 is 0.821 bits per heavy atom. The van der Waals surface area contributed by atoms with E-state index in [0.29, 0.717) is 11.9 Å². The Morgan fingerprint density at radius 3 is 2.04 bits per heavy atom. The van der Waals surface area contributed by atoms with Gasteiger partial charge in [-0.15, -0.1) is 0 Å². The standard InChI is InChI=1S/C26H44O2/c1-20-18-23(14-11-13-17-26(7,8)28-19-27)22(3)24(21(20)2)15-10-9-12-16-25(4,5)6/h18-19H,9-17H2,1-8H3. The lowest BCUT2D eigenvalue weighted by atomic mass is 9.87. The van der Waals surface area contributed by atoms with Gasteiger partial charge in [0.15, 0.2) is 0 Å². The zero-order valence-corrected chi connectivity index (χ0v) is 19.8. The molecule has 2 nitrogen and oxygen atoms in total. The lowest BCUT2D eigenvalue weighted by molar-refractivity contribution is -0.140. The van der Waals surface area contributed by atoms with Crippen LogP contribution in [0.25, 0.3) is 0 Å². The third-order valence-electron chi connectivity index (χ3n) is 6.06. The summed E-state index contributed by atoms with van der Waals surface area (Å²) < 4.78 is 5.16. The first kappa shape index (κ1) is 24.7. The zero-order chi connectivity index (χ0) is 21.4. The smallest absolute Gasteiger partial charge is 0.293 e. The summed E-state index contributed by atoms with van der Waals surface area (Å²) in [4.78, 5) is 10.6. The number of carbonyl (C=O) groups excluding carboxylic acids is 1. The van der Waals surface area contributed by atoms with Crippen molar-refractivity contribution in [2.24, 2.45) is 5.41 Å². The van der Waals surface area contributed by atoms with Gasteiger partial charge in [0.25, 0.3) is 6.47 Å². The lowest BCUT2D eigenvalue weighted by Crippen LogP contribution is -2.23. The minimum atomic E-state index is -0.349. The van der Waals surface area contributed by atoms with Crippen molar-refractivity contribution in [2.75, 3.05) is 0 Å². The second-order valence-electron chi connectivity index (χ2n) is 10.4. The quantitative estimate of drug-likeness (QED) is 0.275. The summed E-state index contributed by atoms with van der Waals surface area (Å²) in [5, 5.41) is 0. The highest BCUT2D eigenvalue weighted by Gasteiger charge is 2.18. The SMILES string of the molecule is Cc1cc(CCCCC(C)(C)OC=O)c(C)c(CCCCCC(C)(C)C)c1C. The average Bonchev–Trinajstić information content (AvgIpc) is 2.57. The maximum absolute atomic E-state index is 10.6. The Balaban J connectivity index is 2.63. The van der Waals surface area contributed by atoms with E-state index in [9.17, 15) is 4.79 Å². The van der Waals surface area contributed by atoms with Gasteiger partial charge in [-0.3, -0.25) is 4.79 Å². The fraction of sp³-hybridized carbons (Fsp3) is 0.731. The largest absolute Gasteiger partial charge is 0.462 e. The molecule has 0 atom stereocenters. The lowest BCUT2D eigenvalue weighted by Gasteiger charge is -2.22. The second kappa shape index (κ2) is 11.0. The Labute approximate surface area is 174 Å². The first-order valence-corrected chi connectivity index (χ1v) is 11.2. The molecule has 0 fully saturated rings. The first-order chi connectivity index (χ1) is 13.0. The summed E-state index contributed by atoms with van der Waals surface area (Å²) in [6.07, 6.45) is 10.7. The molecule has 0 heterocycles. The van der Waals surface area contributed by atoms with Crippen LogP contribution < -0.4 is 0 Å². The number of rotatable bonds is 12. The molecule has 1 aromatic rings. The maximum Gasteiger partial charge on any atom is 0.293 e. The van der Waals surface area contributed by atoms with Crippen LogP contribution in [0.5, 0.6) is 0 Å². The highest BCUT2D eigenvalue weighted by atomic mass is 16.5. The van der Waals surface area contributed by atoms with E-state index >= 15 is 0 Å². The minimum absolute atomic E-state index is 0.349. The number of carbonyl (C=O) groups is 1. The molecule has 0 saturated heterocycles. The molecule has 0 amide bonds. The van der Waals surface area contributed by atoms with Crippen molar-refractivity contribution < 1.29 is 9.53 Å². The molecule has 0 aliphatic rings. The average molecular weight is 389 g/mol. The number of benzene rings is 1. The molecule has 28 heavy (non-hydrogen) atoms. The highest BCUT2D eigenvalue weighted by molar-refractivity contribution is 5.44. The molecule has 0 aliphatic carbocycles. The van der Waals surface area contributed by atoms with Gasteiger partial charge in [-0.25, -0.2) is 0 Å². The molecule has 0 saturated carbocycles. The summed E-state index contributed by atoms with van der Waals surface area (Å²) in [5.74, 6) is 0. The van der Waals surface area contributed by atoms with Crippen LogP contribution in [0.3, 0.4) is 0 Å². The fourth-order valence-corrected chi connectivity index (χ4v) is 4.01. The van der Waals surface area contributed by atoms with Gasteiger partial charge in [0, 0.05) is 0 Å². The van der Waals surface area contributed by atoms with Crippen molar-refractivity contribution in [3.8, 4) is 0 Å². The molecule has 0 aliphatic heterocycles. The van der Waals surface area contributed by atoms with Crippen LogP contribution in [-0.4, -0.2) is 12.1 Å². The van der Waals surface area contributed by atoms with Gasteiger partial charge >= 0.3 is 0 Å². The molecule has 1 rings (SSSR count). The van der Waals surface area contributed by atoms with Gasteiger partial charge in [-0.05, 0) is 113 Å². The molecule has 2 heteroatoms. The van der Waals surface area contributed by atoms with Crippen LogP contribution in [0.1, 0.15) is 107 Å². The van der Waals surface area contributed by atoms with Crippen LogP contribution in [0.4, 0.5) is 0 Å². The second-order valence-corrected chi connectivity index (χ2v) is 10.4. The number of hydrogen-bond donors (Lipinski definition) is 0. The highest BCUT2D eigenvalue weighted by Crippen LogP contribution is 2.27. The van der Waals surface area contributed by atoms with Crippen molar-refractivity contribution in [3.05, 3.63) is 33.9 Å². The van der Waals surface area contributed by atoms with E-state index in [-0.39, 0.29) is 5.60 Å². The molecular formula is C26H44O2. The van der Waals surface area contributed by atoms with E-state index in [1.807, 2.05) is 13.8 Å².